The van der Waals surface area contributed by atoms with Crippen molar-refractivity contribution in [2.24, 2.45) is 5.92 Å². The molecule has 0 spiro atoms. The molecule has 3 atom stereocenters. The normalized spacial score (nSPS) is 18.0. The van der Waals surface area contributed by atoms with Gasteiger partial charge in [-0.05, 0) is 50.7 Å². The Bertz CT molecular complexity index is 1850. The number of pyridine rings is 1. The molecule has 1 N–H and O–H groups in total. The van der Waals surface area contributed by atoms with E-state index in [9.17, 15) is 10.1 Å². The van der Waals surface area contributed by atoms with E-state index >= 15 is 4.39 Å². The van der Waals surface area contributed by atoms with E-state index in [-0.39, 0.29) is 15.3 Å². The zero-order valence-electron chi connectivity index (χ0n) is 26.3. The summed E-state index contributed by atoms with van der Waals surface area (Å²) < 4.78 is 26.9. The van der Waals surface area contributed by atoms with Gasteiger partial charge in [-0.3, -0.25) is 10.3 Å². The fourth-order valence-corrected chi connectivity index (χ4v) is 8.10. The van der Waals surface area contributed by atoms with Crippen molar-refractivity contribution in [1.29, 1.82) is 5.26 Å². The molecule has 6 rings (SSSR count). The van der Waals surface area contributed by atoms with Gasteiger partial charge in [-0.2, -0.15) is 5.26 Å². The Morgan fingerprint density at radius 1 is 1.27 bits per heavy atom. The number of thiophene rings is 1. The molecule has 3 aromatic heterocycles. The van der Waals surface area contributed by atoms with Crippen molar-refractivity contribution >= 4 is 63.9 Å². The summed E-state index contributed by atoms with van der Waals surface area (Å²) in [6.07, 6.45) is 8.13. The summed E-state index contributed by atoms with van der Waals surface area (Å²) >= 11 is 0.989. The first-order chi connectivity index (χ1) is 21.5. The number of hydrogen-bond donors (Lipinski definition) is 1. The highest BCUT2D eigenvalue weighted by Crippen LogP contribution is 2.44. The van der Waals surface area contributed by atoms with Gasteiger partial charge in [-0.1, -0.05) is 33.1 Å². The summed E-state index contributed by atoms with van der Waals surface area (Å²) in [5.41, 5.74) is 3.20. The summed E-state index contributed by atoms with van der Waals surface area (Å²) in [5.74, 6) is 0.688. The molecule has 0 saturated carbocycles. The summed E-state index contributed by atoms with van der Waals surface area (Å²) in [7, 11) is 2.82. The molecule has 0 aliphatic carbocycles. The first-order valence-electron chi connectivity index (χ1n) is 15.5. The average Bonchev–Trinajstić information content (AvgIpc) is 3.71. The van der Waals surface area contributed by atoms with Crippen LogP contribution in [0.15, 0.2) is 12.4 Å². The van der Waals surface area contributed by atoms with Crippen molar-refractivity contribution in [1.82, 2.24) is 15.0 Å². The van der Waals surface area contributed by atoms with Crippen molar-refractivity contribution in [3.05, 3.63) is 34.9 Å². The maximum atomic E-state index is 15.3. The van der Waals surface area contributed by atoms with Gasteiger partial charge in [0.15, 0.2) is 5.82 Å². The van der Waals surface area contributed by atoms with Gasteiger partial charge in [0.25, 0.3) is 0 Å². The number of unbranched alkanes of at least 4 members (excludes halogenated alkanes) is 2. The summed E-state index contributed by atoms with van der Waals surface area (Å²) in [6.45, 7) is 11.4. The average molecular weight is 649 g/mol. The number of rotatable bonds is 7. The van der Waals surface area contributed by atoms with E-state index in [1.807, 2.05) is 6.20 Å². The van der Waals surface area contributed by atoms with Crippen LogP contribution in [0.1, 0.15) is 83.4 Å². The molecule has 5 heterocycles. The van der Waals surface area contributed by atoms with Crippen molar-refractivity contribution in [3.8, 4) is 17.3 Å². The van der Waals surface area contributed by atoms with Gasteiger partial charge in [0.05, 0.1) is 40.9 Å². The lowest BCUT2D eigenvalue weighted by Gasteiger charge is -2.27. The lowest BCUT2D eigenvalue weighted by Crippen LogP contribution is -2.33. The molecule has 1 saturated heterocycles. The molecule has 12 heteroatoms. The molecule has 4 aromatic rings. The van der Waals surface area contributed by atoms with Crippen LogP contribution >= 0.6 is 20.6 Å². The standard InChI is InChI=1S/C33H38FN6O3PS/c1-6-7-8-9-23-17(2)10-11-40(23)31-37-13-19-20-15-42-16-21(20)24(28(44)26(19)38-31)27-25-18(12-35)30(39-32(41)43-33(3,4)5)45-29(25)22(34)14-36-27/h13-14,17,23H,6-11,15-16,44H2,1-5H3,(H,39,41). The van der Waals surface area contributed by atoms with Crippen molar-refractivity contribution in [2.45, 2.75) is 91.6 Å². The highest BCUT2D eigenvalue weighted by Gasteiger charge is 2.34. The van der Waals surface area contributed by atoms with Crippen LogP contribution in [0, 0.1) is 23.1 Å². The monoisotopic (exact) mass is 648 g/mol. The smallest absolute Gasteiger partial charge is 0.412 e. The third kappa shape index (κ3) is 5.84. The third-order valence-corrected chi connectivity index (χ3v) is 10.3. The zero-order valence-corrected chi connectivity index (χ0v) is 28.3. The first kappa shape index (κ1) is 31.5. The molecule has 3 unspecified atom stereocenters. The number of fused-ring (bicyclic) bond motifs is 4. The Morgan fingerprint density at radius 3 is 2.78 bits per heavy atom. The highest BCUT2D eigenvalue weighted by atomic mass is 32.1. The van der Waals surface area contributed by atoms with Crippen LogP contribution in [0.2, 0.25) is 0 Å². The number of hydrogen-bond acceptors (Lipinski definition) is 9. The minimum atomic E-state index is -0.741. The first-order valence-corrected chi connectivity index (χ1v) is 16.9. The minimum absolute atomic E-state index is 0.129. The van der Waals surface area contributed by atoms with Gasteiger partial charge in [0.2, 0.25) is 5.95 Å². The second kappa shape index (κ2) is 12.4. The third-order valence-electron chi connectivity index (χ3n) is 8.66. The number of halogens is 1. The molecule has 1 amide bonds. The number of nitrogens with zero attached hydrogens (tertiary/aromatic N) is 5. The Morgan fingerprint density at radius 2 is 2.04 bits per heavy atom. The number of benzene rings is 1. The molecule has 45 heavy (non-hydrogen) atoms. The molecule has 2 aliphatic heterocycles. The number of carbonyl (C=O) groups is 1. The largest absolute Gasteiger partial charge is 0.444 e. The summed E-state index contributed by atoms with van der Waals surface area (Å²) in [4.78, 5) is 29.6. The van der Waals surface area contributed by atoms with Gasteiger partial charge in [-0.25, -0.2) is 19.2 Å². The van der Waals surface area contributed by atoms with Gasteiger partial charge in [0.1, 0.15) is 16.7 Å². The fourth-order valence-electron chi connectivity index (χ4n) is 6.53. The van der Waals surface area contributed by atoms with E-state index in [1.54, 1.807) is 20.8 Å². The van der Waals surface area contributed by atoms with Crippen LogP contribution < -0.4 is 15.5 Å². The second-order valence-corrected chi connectivity index (χ2v) is 14.5. The quantitative estimate of drug-likeness (QED) is 0.161. The molecular formula is C33H38FN6O3PS. The SMILES string of the molecule is CCCCCC1C(C)CCN1c1ncc2c3c(c(-c4ncc(F)c5sc(NC(=O)OC(C)(C)C)c(C#N)c45)c(P)c2n1)COC3. The Balaban J connectivity index is 1.51. The lowest BCUT2D eigenvalue weighted by atomic mass is 9.94. The number of ether oxygens (including phenoxy) is 2. The Kier molecular flexibility index (Phi) is 8.68. The van der Waals surface area contributed by atoms with E-state index in [4.69, 9.17) is 19.4 Å². The fraction of sp³-hybridized carbons (Fsp3) is 0.485. The van der Waals surface area contributed by atoms with Crippen molar-refractivity contribution < 1.29 is 18.7 Å². The maximum absolute atomic E-state index is 15.3. The van der Waals surface area contributed by atoms with E-state index < -0.39 is 17.5 Å². The van der Waals surface area contributed by atoms with Gasteiger partial charge in [0, 0.05) is 40.4 Å². The van der Waals surface area contributed by atoms with Crippen LogP contribution in [0.4, 0.5) is 20.1 Å². The van der Waals surface area contributed by atoms with Crippen LogP contribution in [-0.4, -0.2) is 39.2 Å². The predicted octanol–water partition coefficient (Wildman–Crippen LogP) is 7.59. The van der Waals surface area contributed by atoms with Crippen LogP contribution in [0.3, 0.4) is 0 Å². The zero-order chi connectivity index (χ0) is 32.0. The number of anilines is 2. The highest BCUT2D eigenvalue weighted by molar-refractivity contribution is 7.29. The van der Waals surface area contributed by atoms with Crippen molar-refractivity contribution in [2.75, 3.05) is 16.8 Å². The maximum Gasteiger partial charge on any atom is 0.412 e. The number of nitrogens with one attached hydrogen (secondary N) is 1. The lowest BCUT2D eigenvalue weighted by molar-refractivity contribution is 0.0636. The molecule has 1 aromatic carbocycles. The molecular weight excluding hydrogens is 610 g/mol. The molecule has 9 nitrogen and oxygen atoms in total. The van der Waals surface area contributed by atoms with E-state index in [1.165, 1.54) is 25.5 Å². The molecule has 2 aliphatic rings. The second-order valence-electron chi connectivity index (χ2n) is 12.9. The molecule has 1 fully saturated rings. The Hall–Kier alpha value is -3.45. The summed E-state index contributed by atoms with van der Waals surface area (Å²) in [6, 6.07) is 2.57. The van der Waals surface area contributed by atoms with Gasteiger partial charge in [-0.15, -0.1) is 20.6 Å². The Labute approximate surface area is 268 Å². The van der Waals surface area contributed by atoms with Crippen LogP contribution in [0.5, 0.6) is 0 Å². The predicted molar refractivity (Wildman–Crippen MR) is 180 cm³/mol. The van der Waals surface area contributed by atoms with Gasteiger partial charge < -0.3 is 14.4 Å². The number of amides is 1. The van der Waals surface area contributed by atoms with Crippen molar-refractivity contribution in [3.63, 3.8) is 0 Å². The molecule has 0 radical (unpaired) electrons. The topological polar surface area (TPSA) is 113 Å². The summed E-state index contributed by atoms with van der Waals surface area (Å²) in [5, 5.41) is 15.2. The number of carbonyl (C=O) groups excluding carboxylic acids is 1. The minimum Gasteiger partial charge on any atom is -0.444 e. The van der Waals surface area contributed by atoms with Gasteiger partial charge >= 0.3 is 6.09 Å². The van der Waals surface area contributed by atoms with E-state index in [0.717, 1.165) is 63.6 Å². The molecule has 236 valence electrons. The van der Waals surface area contributed by atoms with Crippen LogP contribution in [-0.2, 0) is 22.7 Å². The number of nitriles is 1. The number of aromatic nitrogens is 3. The van der Waals surface area contributed by atoms with E-state index in [2.05, 4.69) is 44.4 Å². The molecule has 0 bridgehead atoms. The van der Waals surface area contributed by atoms with E-state index in [0.29, 0.717) is 42.2 Å². The van der Waals surface area contributed by atoms with Crippen LogP contribution in [0.25, 0.3) is 32.2 Å².